The molecule has 0 radical (unpaired) electrons. The van der Waals surface area contributed by atoms with Gasteiger partial charge in [0.1, 0.15) is 0 Å². The smallest absolute Gasteiger partial charge is 0.243 e. The number of nitrogens with one attached hydrogen (secondary N) is 2. The lowest BCUT2D eigenvalue weighted by atomic mass is 10.1. The molecule has 0 spiro atoms. The summed E-state index contributed by atoms with van der Waals surface area (Å²) < 4.78 is 26.7. The van der Waals surface area contributed by atoms with Gasteiger partial charge in [0.05, 0.1) is 4.90 Å². The van der Waals surface area contributed by atoms with Crippen LogP contribution in [0, 0.1) is 6.92 Å². The van der Waals surface area contributed by atoms with Crippen LogP contribution >= 0.6 is 0 Å². The zero-order valence-corrected chi connectivity index (χ0v) is 17.3. The molecule has 3 rings (SSSR count). The standard InChI is InChI=1S/C21H28N4O2S/c1-17-5-7-18(8-6-17)15-23-21(22-2)24-16-19-9-11-20(12-10-19)28(26,27)25-13-3-4-14-25/h5-12H,3-4,13-16H2,1-2H3,(H2,22,23,24). The van der Waals surface area contributed by atoms with Gasteiger partial charge in [-0.3, -0.25) is 4.99 Å². The van der Waals surface area contributed by atoms with E-state index in [-0.39, 0.29) is 0 Å². The first-order valence-corrected chi connectivity index (χ1v) is 11.0. The van der Waals surface area contributed by atoms with Gasteiger partial charge < -0.3 is 10.6 Å². The lowest BCUT2D eigenvalue weighted by Gasteiger charge is -2.16. The van der Waals surface area contributed by atoms with Gasteiger partial charge in [0.2, 0.25) is 10.0 Å². The fraction of sp³-hybridized carbons (Fsp3) is 0.381. The molecule has 0 saturated carbocycles. The van der Waals surface area contributed by atoms with E-state index >= 15 is 0 Å². The van der Waals surface area contributed by atoms with Crippen molar-refractivity contribution in [2.45, 2.75) is 37.8 Å². The molecule has 6 nitrogen and oxygen atoms in total. The number of hydrogen-bond donors (Lipinski definition) is 2. The van der Waals surface area contributed by atoms with Crippen molar-refractivity contribution in [2.75, 3.05) is 20.1 Å². The molecule has 0 atom stereocenters. The molecule has 0 unspecified atom stereocenters. The van der Waals surface area contributed by atoms with Crippen molar-refractivity contribution in [1.82, 2.24) is 14.9 Å². The molecular formula is C21H28N4O2S. The number of benzene rings is 2. The quantitative estimate of drug-likeness (QED) is 0.578. The van der Waals surface area contributed by atoms with Gasteiger partial charge in [-0.25, -0.2) is 8.42 Å². The third kappa shape index (κ3) is 5.11. The topological polar surface area (TPSA) is 73.8 Å². The number of guanidine groups is 1. The molecule has 2 aromatic carbocycles. The van der Waals surface area contributed by atoms with E-state index in [1.807, 2.05) is 12.1 Å². The minimum atomic E-state index is -3.36. The Morgan fingerprint density at radius 2 is 1.43 bits per heavy atom. The summed E-state index contributed by atoms with van der Waals surface area (Å²) in [5.74, 6) is 0.703. The number of aryl methyl sites for hydroxylation is 1. The SMILES string of the molecule is CN=C(NCc1ccc(C)cc1)NCc1ccc(S(=O)(=O)N2CCCC2)cc1. The largest absolute Gasteiger partial charge is 0.352 e. The molecule has 7 heteroatoms. The van der Waals surface area contributed by atoms with E-state index < -0.39 is 10.0 Å². The fourth-order valence-electron chi connectivity index (χ4n) is 3.15. The maximum Gasteiger partial charge on any atom is 0.243 e. The van der Waals surface area contributed by atoms with Gasteiger partial charge in [-0.1, -0.05) is 42.0 Å². The van der Waals surface area contributed by atoms with Gasteiger partial charge in [0.25, 0.3) is 0 Å². The van der Waals surface area contributed by atoms with Gasteiger partial charge in [-0.2, -0.15) is 4.31 Å². The molecule has 28 heavy (non-hydrogen) atoms. The molecule has 2 N–H and O–H groups in total. The Morgan fingerprint density at radius 3 is 1.93 bits per heavy atom. The maximum absolute atomic E-state index is 12.6. The van der Waals surface area contributed by atoms with Crippen LogP contribution in [0.4, 0.5) is 0 Å². The first kappa shape index (κ1) is 20.4. The Balaban J connectivity index is 1.54. The summed E-state index contributed by atoms with van der Waals surface area (Å²) in [5.41, 5.74) is 3.42. The molecular weight excluding hydrogens is 372 g/mol. The van der Waals surface area contributed by atoms with E-state index in [0.717, 1.165) is 18.4 Å². The summed E-state index contributed by atoms with van der Waals surface area (Å²) in [6.07, 6.45) is 1.88. The zero-order chi connectivity index (χ0) is 20.0. The van der Waals surface area contributed by atoms with E-state index in [2.05, 4.69) is 46.8 Å². The zero-order valence-electron chi connectivity index (χ0n) is 16.5. The average molecular weight is 401 g/mol. The summed E-state index contributed by atoms with van der Waals surface area (Å²) in [7, 11) is -1.62. The van der Waals surface area contributed by atoms with E-state index in [0.29, 0.717) is 37.0 Å². The van der Waals surface area contributed by atoms with Crippen LogP contribution in [0.25, 0.3) is 0 Å². The predicted octanol–water partition coefficient (Wildman–Crippen LogP) is 2.64. The highest BCUT2D eigenvalue weighted by Crippen LogP contribution is 2.21. The fourth-order valence-corrected chi connectivity index (χ4v) is 4.67. The van der Waals surface area contributed by atoms with E-state index in [1.54, 1.807) is 23.5 Å². The van der Waals surface area contributed by atoms with Gasteiger partial charge in [0, 0.05) is 33.2 Å². The first-order chi connectivity index (χ1) is 13.5. The molecule has 0 aromatic heterocycles. The second kappa shape index (κ2) is 9.21. The number of aliphatic imine (C=N–C) groups is 1. The number of sulfonamides is 1. The van der Waals surface area contributed by atoms with Crippen molar-refractivity contribution in [2.24, 2.45) is 4.99 Å². The van der Waals surface area contributed by atoms with Crippen LogP contribution in [0.2, 0.25) is 0 Å². The van der Waals surface area contributed by atoms with Crippen LogP contribution in [0.5, 0.6) is 0 Å². The Hall–Kier alpha value is -2.38. The Morgan fingerprint density at radius 1 is 0.929 bits per heavy atom. The normalized spacial score (nSPS) is 15.6. The van der Waals surface area contributed by atoms with E-state index in [1.165, 1.54) is 11.1 Å². The Kier molecular flexibility index (Phi) is 6.70. The van der Waals surface area contributed by atoms with Gasteiger partial charge >= 0.3 is 0 Å². The van der Waals surface area contributed by atoms with Crippen molar-refractivity contribution in [1.29, 1.82) is 0 Å². The van der Waals surface area contributed by atoms with Crippen molar-refractivity contribution in [3.63, 3.8) is 0 Å². The average Bonchev–Trinajstić information content (AvgIpc) is 3.25. The highest BCUT2D eigenvalue weighted by atomic mass is 32.2. The van der Waals surface area contributed by atoms with Crippen LogP contribution < -0.4 is 10.6 Å². The minimum absolute atomic E-state index is 0.361. The maximum atomic E-state index is 12.6. The lowest BCUT2D eigenvalue weighted by Crippen LogP contribution is -2.36. The summed E-state index contributed by atoms with van der Waals surface area (Å²) in [6, 6.07) is 15.4. The molecule has 1 aliphatic rings. The van der Waals surface area contributed by atoms with Gasteiger partial charge in [-0.05, 0) is 43.0 Å². The molecule has 0 bridgehead atoms. The molecule has 2 aromatic rings. The van der Waals surface area contributed by atoms with Crippen LogP contribution in [0.3, 0.4) is 0 Å². The third-order valence-corrected chi connectivity index (χ3v) is 6.80. The molecule has 150 valence electrons. The number of rotatable bonds is 6. The van der Waals surface area contributed by atoms with Crippen LogP contribution in [0.15, 0.2) is 58.4 Å². The molecule has 1 aliphatic heterocycles. The number of nitrogens with zero attached hydrogens (tertiary/aromatic N) is 2. The van der Waals surface area contributed by atoms with Crippen LogP contribution in [-0.4, -0.2) is 38.8 Å². The highest BCUT2D eigenvalue weighted by Gasteiger charge is 2.26. The van der Waals surface area contributed by atoms with Crippen LogP contribution in [0.1, 0.15) is 29.5 Å². The van der Waals surface area contributed by atoms with Crippen molar-refractivity contribution in [3.05, 3.63) is 65.2 Å². The van der Waals surface area contributed by atoms with Crippen LogP contribution in [-0.2, 0) is 23.1 Å². The summed E-state index contributed by atoms with van der Waals surface area (Å²) >= 11 is 0. The molecule has 0 aliphatic carbocycles. The second-order valence-electron chi connectivity index (χ2n) is 7.02. The van der Waals surface area contributed by atoms with Crippen molar-refractivity contribution >= 4 is 16.0 Å². The lowest BCUT2D eigenvalue weighted by molar-refractivity contribution is 0.477. The second-order valence-corrected chi connectivity index (χ2v) is 8.96. The molecule has 1 heterocycles. The minimum Gasteiger partial charge on any atom is -0.352 e. The summed E-state index contributed by atoms with van der Waals surface area (Å²) in [5, 5.41) is 6.54. The first-order valence-electron chi connectivity index (χ1n) is 9.58. The van der Waals surface area contributed by atoms with E-state index in [4.69, 9.17) is 0 Å². The molecule has 1 saturated heterocycles. The Bertz CT molecular complexity index is 900. The van der Waals surface area contributed by atoms with E-state index in [9.17, 15) is 8.42 Å². The summed E-state index contributed by atoms with van der Waals surface area (Å²) in [6.45, 7) is 4.56. The Labute approximate surface area is 167 Å². The van der Waals surface area contributed by atoms with Gasteiger partial charge in [0.15, 0.2) is 5.96 Å². The van der Waals surface area contributed by atoms with Crippen molar-refractivity contribution in [3.8, 4) is 0 Å². The monoisotopic (exact) mass is 400 g/mol. The van der Waals surface area contributed by atoms with Crippen molar-refractivity contribution < 1.29 is 8.42 Å². The molecule has 1 fully saturated rings. The number of hydrogen-bond acceptors (Lipinski definition) is 3. The summed E-state index contributed by atoms with van der Waals surface area (Å²) in [4.78, 5) is 4.60. The van der Waals surface area contributed by atoms with Gasteiger partial charge in [-0.15, -0.1) is 0 Å². The third-order valence-electron chi connectivity index (χ3n) is 4.89. The highest BCUT2D eigenvalue weighted by molar-refractivity contribution is 7.89. The predicted molar refractivity (Wildman–Crippen MR) is 113 cm³/mol. The molecule has 0 amide bonds.